The molecule has 1 saturated carbocycles. The van der Waals surface area contributed by atoms with Crippen molar-refractivity contribution in [3.63, 3.8) is 0 Å². The molecular formula is C36H39F4N5O5S. The summed E-state index contributed by atoms with van der Waals surface area (Å²) in [6.07, 6.45) is 1.72. The number of halogens is 4. The number of methoxy groups -OCH3 is 2. The van der Waals surface area contributed by atoms with E-state index in [-0.39, 0.29) is 36.1 Å². The molecule has 3 atom stereocenters. The van der Waals surface area contributed by atoms with Gasteiger partial charge in [0, 0.05) is 42.5 Å². The number of nitrogens with zero attached hydrogens (tertiary/aromatic N) is 4. The second kappa shape index (κ2) is 14.9. The predicted octanol–water partition coefficient (Wildman–Crippen LogP) is 6.97. The number of alkyl halides is 3. The summed E-state index contributed by atoms with van der Waals surface area (Å²) in [5.41, 5.74) is 0.417. The Morgan fingerprint density at radius 1 is 1.00 bits per heavy atom. The first-order chi connectivity index (χ1) is 24.4. The van der Waals surface area contributed by atoms with Gasteiger partial charge in [-0.25, -0.2) is 27.1 Å². The molecule has 1 aliphatic heterocycles. The Morgan fingerprint density at radius 2 is 1.73 bits per heavy atom. The quantitative estimate of drug-likeness (QED) is 0.125. The van der Waals surface area contributed by atoms with Crippen molar-refractivity contribution in [1.29, 1.82) is 0 Å². The predicted molar refractivity (Wildman–Crippen MR) is 183 cm³/mol. The van der Waals surface area contributed by atoms with Gasteiger partial charge in [0.15, 0.2) is 0 Å². The maximum Gasteiger partial charge on any atom is 0.416 e. The molecule has 0 unspecified atom stereocenters. The zero-order valence-electron chi connectivity index (χ0n) is 28.1. The van der Waals surface area contributed by atoms with E-state index in [1.807, 2.05) is 0 Å². The smallest absolute Gasteiger partial charge is 0.416 e. The summed E-state index contributed by atoms with van der Waals surface area (Å²) in [7, 11) is -1.74. The van der Waals surface area contributed by atoms with E-state index in [1.54, 1.807) is 24.3 Å². The zero-order chi connectivity index (χ0) is 36.3. The molecule has 1 aliphatic carbocycles. The van der Waals surface area contributed by atoms with Crippen LogP contribution in [-0.4, -0.2) is 67.8 Å². The van der Waals surface area contributed by atoms with E-state index in [0.29, 0.717) is 41.9 Å². The van der Waals surface area contributed by atoms with Crippen molar-refractivity contribution in [2.45, 2.75) is 67.7 Å². The summed E-state index contributed by atoms with van der Waals surface area (Å²) >= 11 is 0. The van der Waals surface area contributed by atoms with Gasteiger partial charge in [0.05, 0.1) is 32.0 Å². The molecule has 2 aliphatic rings. The van der Waals surface area contributed by atoms with Crippen molar-refractivity contribution in [2.75, 3.05) is 36.9 Å². The zero-order valence-corrected chi connectivity index (χ0v) is 28.9. The molecule has 0 bridgehead atoms. The van der Waals surface area contributed by atoms with Gasteiger partial charge in [-0.1, -0.05) is 18.2 Å². The van der Waals surface area contributed by atoms with Crippen molar-refractivity contribution in [3.8, 4) is 17.2 Å². The van der Waals surface area contributed by atoms with Crippen LogP contribution in [0.3, 0.4) is 0 Å². The molecule has 2 fully saturated rings. The van der Waals surface area contributed by atoms with Crippen LogP contribution in [0.4, 0.5) is 29.1 Å². The number of anilines is 2. The van der Waals surface area contributed by atoms with E-state index in [0.717, 1.165) is 48.4 Å². The Morgan fingerprint density at radius 3 is 2.37 bits per heavy atom. The fraction of sp³-hybridized carbons (Fsp3) is 0.389. The number of aromatic nitrogens is 2. The van der Waals surface area contributed by atoms with E-state index in [4.69, 9.17) is 9.47 Å². The molecule has 1 saturated heterocycles. The number of aromatic hydroxyl groups is 1. The Balaban J connectivity index is 1.28. The highest BCUT2D eigenvalue weighted by Crippen LogP contribution is 2.41. The van der Waals surface area contributed by atoms with Crippen molar-refractivity contribution in [2.24, 2.45) is 0 Å². The minimum atomic E-state index is -4.66. The number of hydrogen-bond donors (Lipinski definition) is 2. The number of benzene rings is 3. The van der Waals surface area contributed by atoms with Gasteiger partial charge in [0.1, 0.15) is 40.1 Å². The number of phenolic OH excluding ortho intramolecular Hbond substituents is 1. The molecule has 272 valence electrons. The standard InChI is InChI=1S/C36H39F4N5O5S/c1-49-27-14-23(15-28(18-27)50-2)21-45(35-10-11-41-22-42-35)51(47,48)34-20-33(46)31(19-29(34)37)43-30-9-8-25(17-32(30)44-12-3-4-13-44)24-6-5-7-26(16-24)36(38,39)40/h5-7,10-11,14-16,18-20,22,25,30,32,43,46H,3-4,8-9,12-13,17,21H2,1-2H3/t25-,30-,32-/m0/s1. The third kappa shape index (κ3) is 7.99. The van der Waals surface area contributed by atoms with Crippen LogP contribution in [0.1, 0.15) is 54.7 Å². The first-order valence-corrected chi connectivity index (χ1v) is 18.0. The normalized spacial score (nSPS) is 19.8. The number of phenols is 1. The van der Waals surface area contributed by atoms with E-state index in [2.05, 4.69) is 20.2 Å². The molecule has 3 aromatic carbocycles. The average molecular weight is 730 g/mol. The van der Waals surface area contributed by atoms with Crippen molar-refractivity contribution < 1.29 is 40.6 Å². The van der Waals surface area contributed by atoms with Gasteiger partial charge in [0.25, 0.3) is 10.0 Å². The minimum absolute atomic E-state index is 0.0179. The molecule has 0 spiro atoms. The Hall–Kier alpha value is -4.63. The molecule has 1 aromatic heterocycles. The average Bonchev–Trinajstić information content (AvgIpc) is 3.67. The van der Waals surface area contributed by atoms with Gasteiger partial charge in [0.2, 0.25) is 0 Å². The Labute approximate surface area is 294 Å². The number of likely N-dealkylation sites (tertiary alicyclic amines) is 1. The molecule has 0 radical (unpaired) electrons. The summed E-state index contributed by atoms with van der Waals surface area (Å²) in [5, 5.41) is 14.4. The van der Waals surface area contributed by atoms with Crippen LogP contribution in [-0.2, 0) is 22.7 Å². The maximum atomic E-state index is 16.0. The summed E-state index contributed by atoms with van der Waals surface area (Å²) in [6.45, 7) is 1.35. The summed E-state index contributed by atoms with van der Waals surface area (Å²) in [4.78, 5) is 9.50. The third-order valence-electron chi connectivity index (χ3n) is 9.63. The molecule has 6 rings (SSSR count). The lowest BCUT2D eigenvalue weighted by atomic mass is 9.77. The first-order valence-electron chi connectivity index (χ1n) is 16.6. The molecule has 15 heteroatoms. The monoisotopic (exact) mass is 729 g/mol. The Bertz CT molecular complexity index is 1920. The first kappa shape index (κ1) is 36.2. The van der Waals surface area contributed by atoms with Gasteiger partial charge in [-0.3, -0.25) is 4.90 Å². The molecule has 51 heavy (non-hydrogen) atoms. The number of rotatable bonds is 11. The van der Waals surface area contributed by atoms with E-state index >= 15 is 4.39 Å². The number of sulfonamides is 1. The van der Waals surface area contributed by atoms with Crippen LogP contribution in [0.2, 0.25) is 0 Å². The molecule has 2 heterocycles. The fourth-order valence-corrected chi connectivity index (χ4v) is 8.56. The van der Waals surface area contributed by atoms with Gasteiger partial charge >= 0.3 is 6.18 Å². The van der Waals surface area contributed by atoms with Crippen molar-refractivity contribution >= 4 is 21.5 Å². The largest absolute Gasteiger partial charge is 0.506 e. The fourth-order valence-electron chi connectivity index (χ4n) is 7.08. The molecule has 10 nitrogen and oxygen atoms in total. The molecule has 2 N–H and O–H groups in total. The van der Waals surface area contributed by atoms with Crippen LogP contribution in [0.15, 0.2) is 78.1 Å². The van der Waals surface area contributed by atoms with E-state index in [1.165, 1.54) is 44.9 Å². The van der Waals surface area contributed by atoms with Crippen LogP contribution in [0.25, 0.3) is 0 Å². The lowest BCUT2D eigenvalue weighted by molar-refractivity contribution is -0.137. The van der Waals surface area contributed by atoms with Crippen LogP contribution >= 0.6 is 0 Å². The number of ether oxygens (including phenoxy) is 2. The van der Waals surface area contributed by atoms with E-state index < -0.39 is 38.2 Å². The van der Waals surface area contributed by atoms with Crippen LogP contribution < -0.4 is 19.1 Å². The number of hydrogen-bond acceptors (Lipinski definition) is 9. The lowest BCUT2D eigenvalue weighted by Gasteiger charge is -2.42. The SMILES string of the molecule is COc1cc(CN(c2ccncn2)S(=O)(=O)c2cc(O)c(N[C@H]3CC[C@H](c4cccc(C(F)(F)F)c4)C[C@@H]3N3CCCC3)cc2F)cc(OC)c1. The molecule has 0 amide bonds. The van der Waals surface area contributed by atoms with Crippen molar-refractivity contribution in [3.05, 3.63) is 95.7 Å². The number of nitrogens with one attached hydrogen (secondary N) is 1. The second-order valence-corrected chi connectivity index (χ2v) is 14.6. The summed E-state index contributed by atoms with van der Waals surface area (Å²) < 4.78 is 96.4. The second-order valence-electron chi connectivity index (χ2n) is 12.8. The third-order valence-corrected chi connectivity index (χ3v) is 11.4. The van der Waals surface area contributed by atoms with Gasteiger partial charge in [-0.15, -0.1) is 0 Å². The summed E-state index contributed by atoms with van der Waals surface area (Å²) in [5.74, 6) is -0.877. The maximum absolute atomic E-state index is 16.0. The van der Waals surface area contributed by atoms with Gasteiger partial charge in [-0.2, -0.15) is 13.2 Å². The summed E-state index contributed by atoms with van der Waals surface area (Å²) in [6, 6.07) is 13.1. The van der Waals surface area contributed by atoms with Crippen molar-refractivity contribution in [1.82, 2.24) is 14.9 Å². The lowest BCUT2D eigenvalue weighted by Crippen LogP contribution is -2.49. The Kier molecular flexibility index (Phi) is 10.6. The topological polar surface area (TPSA) is 117 Å². The van der Waals surface area contributed by atoms with E-state index in [9.17, 15) is 26.7 Å². The highest BCUT2D eigenvalue weighted by atomic mass is 32.2. The van der Waals surface area contributed by atoms with Crippen LogP contribution in [0, 0.1) is 5.82 Å². The highest BCUT2D eigenvalue weighted by Gasteiger charge is 2.38. The van der Waals surface area contributed by atoms with Crippen LogP contribution in [0.5, 0.6) is 17.2 Å². The molecular weight excluding hydrogens is 690 g/mol. The minimum Gasteiger partial charge on any atom is -0.506 e. The van der Waals surface area contributed by atoms with Gasteiger partial charge < -0.3 is 19.9 Å². The molecule has 4 aromatic rings. The highest BCUT2D eigenvalue weighted by molar-refractivity contribution is 7.92. The van der Waals surface area contributed by atoms with Gasteiger partial charge in [-0.05, 0) is 80.4 Å².